The highest BCUT2D eigenvalue weighted by molar-refractivity contribution is 8.00. The first-order valence-electron chi connectivity index (χ1n) is 16.8. The first kappa shape index (κ1) is 36.6. The molecule has 1 aliphatic rings. The minimum absolute atomic E-state index is 0.0511. The number of rotatable bonds is 12. The van der Waals surface area contributed by atoms with Gasteiger partial charge in [0, 0.05) is 45.7 Å². The smallest absolute Gasteiger partial charge is 0.272 e. The number of nitrogens with zero attached hydrogens (tertiary/aromatic N) is 2. The van der Waals surface area contributed by atoms with Gasteiger partial charge in [0.1, 0.15) is 16.8 Å². The van der Waals surface area contributed by atoms with Crippen molar-refractivity contribution in [2.45, 2.75) is 43.0 Å². The van der Waals surface area contributed by atoms with Crippen LogP contribution in [0.25, 0.3) is 6.08 Å². The maximum absolute atomic E-state index is 13.6. The molecule has 3 N–H and O–H groups in total. The summed E-state index contributed by atoms with van der Waals surface area (Å²) in [6.07, 6.45) is 2.89. The van der Waals surface area contributed by atoms with Crippen LogP contribution in [-0.4, -0.2) is 34.4 Å². The highest BCUT2D eigenvalue weighted by atomic mass is 35.5. The Kier molecular flexibility index (Phi) is 12.2. The summed E-state index contributed by atoms with van der Waals surface area (Å²) in [5, 5.41) is 19.5. The van der Waals surface area contributed by atoms with Crippen molar-refractivity contribution in [3.05, 3.63) is 153 Å². The molecule has 3 amide bonds. The van der Waals surface area contributed by atoms with Gasteiger partial charge in [0.25, 0.3) is 11.8 Å². The molecular weight excluding hydrogens is 710 g/mol. The second-order valence-corrected chi connectivity index (χ2v) is 15.0. The van der Waals surface area contributed by atoms with Crippen LogP contribution in [0.4, 0.5) is 10.7 Å². The van der Waals surface area contributed by atoms with E-state index in [1.807, 2.05) is 37.3 Å². The Morgan fingerprint density at radius 1 is 0.962 bits per heavy atom. The second-order valence-electron chi connectivity index (χ2n) is 12.2. The first-order chi connectivity index (χ1) is 25.3. The molecule has 11 heteroatoms. The van der Waals surface area contributed by atoms with E-state index in [1.165, 1.54) is 28.7 Å². The lowest BCUT2D eigenvalue weighted by Crippen LogP contribution is -2.30. The zero-order chi connectivity index (χ0) is 36.5. The maximum atomic E-state index is 13.6. The van der Waals surface area contributed by atoms with Crippen LogP contribution in [-0.2, 0) is 29.1 Å². The number of fused-ring (bicyclic) bond motifs is 1. The molecule has 0 saturated carbocycles. The number of thiophene rings is 1. The third-order valence-electron chi connectivity index (χ3n) is 8.48. The molecule has 8 nitrogen and oxygen atoms in total. The van der Waals surface area contributed by atoms with Gasteiger partial charge in [0.15, 0.2) is 0 Å². The van der Waals surface area contributed by atoms with E-state index in [9.17, 15) is 19.6 Å². The Balaban J connectivity index is 1.13. The molecule has 6 rings (SSSR count). The molecule has 262 valence electrons. The molecule has 0 radical (unpaired) electrons. The molecule has 1 aromatic heterocycles. The van der Waals surface area contributed by atoms with Gasteiger partial charge in [-0.1, -0.05) is 85.3 Å². The molecule has 0 saturated heterocycles. The van der Waals surface area contributed by atoms with Gasteiger partial charge in [-0.3, -0.25) is 19.3 Å². The van der Waals surface area contributed by atoms with Crippen molar-refractivity contribution in [1.82, 2.24) is 10.2 Å². The monoisotopic (exact) mass is 745 g/mol. The van der Waals surface area contributed by atoms with Crippen LogP contribution in [0, 0.1) is 11.3 Å². The van der Waals surface area contributed by atoms with Gasteiger partial charge in [-0.2, -0.15) is 5.26 Å². The summed E-state index contributed by atoms with van der Waals surface area (Å²) in [6, 6.07) is 35.5. The SMILES string of the molecule is CCC(Sc1cccc(NC(=O)/C(=C/c2ccc(Cl)cc2)NC(=O)c2ccccc2)c1)C(=O)Nc1sc2c(c1C#N)CCN(Cc1ccccc1)C2. The van der Waals surface area contributed by atoms with Gasteiger partial charge in [-0.05, 0) is 78.1 Å². The number of carbonyl (C=O) groups is 3. The molecule has 1 unspecified atom stereocenters. The van der Waals surface area contributed by atoms with Crippen LogP contribution in [0.5, 0.6) is 0 Å². The van der Waals surface area contributed by atoms with Crippen molar-refractivity contribution in [3.63, 3.8) is 0 Å². The lowest BCUT2D eigenvalue weighted by atomic mass is 10.0. The minimum Gasteiger partial charge on any atom is -0.321 e. The Morgan fingerprint density at radius 2 is 1.69 bits per heavy atom. The van der Waals surface area contributed by atoms with Crippen LogP contribution >= 0.6 is 34.7 Å². The Morgan fingerprint density at radius 3 is 2.40 bits per heavy atom. The number of hydrogen-bond acceptors (Lipinski definition) is 7. The van der Waals surface area contributed by atoms with Crippen molar-refractivity contribution >= 4 is 69.2 Å². The number of halogens is 1. The largest absolute Gasteiger partial charge is 0.321 e. The summed E-state index contributed by atoms with van der Waals surface area (Å²) in [5.74, 6) is -1.12. The topological polar surface area (TPSA) is 114 Å². The lowest BCUT2D eigenvalue weighted by molar-refractivity contribution is -0.116. The second kappa shape index (κ2) is 17.4. The summed E-state index contributed by atoms with van der Waals surface area (Å²) in [6.45, 7) is 4.35. The fourth-order valence-electron chi connectivity index (χ4n) is 5.83. The van der Waals surface area contributed by atoms with E-state index in [4.69, 9.17) is 11.6 Å². The number of benzene rings is 4. The minimum atomic E-state index is -0.515. The standard InChI is InChI=1S/C41H36ClN5O3S2/c1-2-36(40(50)46-41-34(24-43)33-20-21-47(26-37(33)52-41)25-28-10-5-3-6-11-28)51-32-15-9-14-31(23-32)44-39(49)35(22-27-16-18-30(42)19-17-27)45-38(48)29-12-7-4-8-13-29/h3-19,22-23,36H,2,20-21,25-26H2,1H3,(H,44,49)(H,45,48)(H,46,50)/b35-22-. The quantitative estimate of drug-likeness (QED) is 0.0870. The predicted octanol–water partition coefficient (Wildman–Crippen LogP) is 8.75. The average molecular weight is 746 g/mol. The Bertz CT molecular complexity index is 2130. The molecule has 0 spiro atoms. The third-order valence-corrected chi connectivity index (χ3v) is 11.2. The zero-order valence-electron chi connectivity index (χ0n) is 28.4. The molecule has 1 aliphatic heterocycles. The molecule has 0 fully saturated rings. The van der Waals surface area contributed by atoms with E-state index in [0.717, 1.165) is 41.4 Å². The summed E-state index contributed by atoms with van der Waals surface area (Å²) >= 11 is 8.92. The van der Waals surface area contributed by atoms with E-state index in [-0.39, 0.29) is 11.6 Å². The van der Waals surface area contributed by atoms with Crippen molar-refractivity contribution in [2.24, 2.45) is 0 Å². The number of hydrogen-bond donors (Lipinski definition) is 3. The number of anilines is 2. The number of amides is 3. The van der Waals surface area contributed by atoms with Gasteiger partial charge < -0.3 is 16.0 Å². The van der Waals surface area contributed by atoms with Crippen LogP contribution < -0.4 is 16.0 Å². The Labute approximate surface area is 316 Å². The van der Waals surface area contributed by atoms with Gasteiger partial charge in [0.2, 0.25) is 5.91 Å². The molecule has 1 atom stereocenters. The molecule has 0 aliphatic carbocycles. The molecule has 2 heterocycles. The van der Waals surface area contributed by atoms with Gasteiger partial charge in [0.05, 0.1) is 10.8 Å². The highest BCUT2D eigenvalue weighted by Crippen LogP contribution is 2.38. The Hall–Kier alpha value is -5.18. The third kappa shape index (κ3) is 9.37. The van der Waals surface area contributed by atoms with E-state index in [2.05, 4.69) is 39.1 Å². The number of nitriles is 1. The van der Waals surface area contributed by atoms with Crippen molar-refractivity contribution in [1.29, 1.82) is 5.26 Å². The van der Waals surface area contributed by atoms with Crippen LogP contribution in [0.15, 0.2) is 120 Å². The molecule has 5 aromatic rings. The van der Waals surface area contributed by atoms with Crippen LogP contribution in [0.1, 0.15) is 50.8 Å². The molecule has 4 aromatic carbocycles. The average Bonchev–Trinajstić information content (AvgIpc) is 3.51. The van der Waals surface area contributed by atoms with E-state index in [0.29, 0.717) is 38.8 Å². The molecule has 0 bridgehead atoms. The zero-order valence-corrected chi connectivity index (χ0v) is 30.8. The van der Waals surface area contributed by atoms with E-state index in [1.54, 1.807) is 72.8 Å². The summed E-state index contributed by atoms with van der Waals surface area (Å²) in [7, 11) is 0. The summed E-state index contributed by atoms with van der Waals surface area (Å²) in [5.41, 5.74) is 4.47. The van der Waals surface area contributed by atoms with E-state index < -0.39 is 17.1 Å². The van der Waals surface area contributed by atoms with Crippen LogP contribution in [0.2, 0.25) is 5.02 Å². The van der Waals surface area contributed by atoms with Crippen LogP contribution in [0.3, 0.4) is 0 Å². The number of thioether (sulfide) groups is 1. The fourth-order valence-corrected chi connectivity index (χ4v) is 8.21. The van der Waals surface area contributed by atoms with Crippen molar-refractivity contribution in [2.75, 3.05) is 17.2 Å². The first-order valence-corrected chi connectivity index (χ1v) is 18.9. The van der Waals surface area contributed by atoms with Crippen molar-refractivity contribution in [3.8, 4) is 6.07 Å². The summed E-state index contributed by atoms with van der Waals surface area (Å²) < 4.78 is 0. The maximum Gasteiger partial charge on any atom is 0.272 e. The number of carbonyl (C=O) groups excluding carboxylic acids is 3. The summed E-state index contributed by atoms with van der Waals surface area (Å²) in [4.78, 5) is 44.5. The predicted molar refractivity (Wildman–Crippen MR) is 210 cm³/mol. The van der Waals surface area contributed by atoms with E-state index >= 15 is 0 Å². The van der Waals surface area contributed by atoms with Crippen molar-refractivity contribution < 1.29 is 14.4 Å². The number of nitrogens with one attached hydrogen (secondary N) is 3. The van der Waals surface area contributed by atoms with Gasteiger partial charge >= 0.3 is 0 Å². The van der Waals surface area contributed by atoms with Gasteiger partial charge in [-0.15, -0.1) is 23.1 Å². The fraction of sp³-hybridized carbons (Fsp3) is 0.171. The normalized spacial score (nSPS) is 13.4. The molecule has 52 heavy (non-hydrogen) atoms. The molecular formula is C41H36ClN5O3S2. The van der Waals surface area contributed by atoms with Gasteiger partial charge in [-0.25, -0.2) is 0 Å². The lowest BCUT2D eigenvalue weighted by Gasteiger charge is -2.26. The highest BCUT2D eigenvalue weighted by Gasteiger charge is 2.27.